The summed E-state index contributed by atoms with van der Waals surface area (Å²) in [4.78, 5) is 12.0. The van der Waals surface area contributed by atoms with Gasteiger partial charge in [-0.25, -0.2) is 0 Å². The zero-order valence-corrected chi connectivity index (χ0v) is 10.4. The van der Waals surface area contributed by atoms with Crippen LogP contribution in [0, 0.1) is 0 Å². The normalized spacial score (nSPS) is 32.6. The van der Waals surface area contributed by atoms with Gasteiger partial charge in [-0.3, -0.25) is 9.36 Å². The number of hydrogen-bond acceptors (Lipinski definition) is 4. The number of aromatic nitrogens is 1. The summed E-state index contributed by atoms with van der Waals surface area (Å²) < 4.78 is 36.7. The molecule has 4 atom stereocenters. The van der Waals surface area contributed by atoms with Crippen molar-refractivity contribution in [1.82, 2.24) is 9.88 Å². The third kappa shape index (κ3) is 2.19. The third-order valence-electron chi connectivity index (χ3n) is 3.57. The number of alkyl halides is 2. The van der Waals surface area contributed by atoms with Crippen LogP contribution in [0.4, 0.5) is 8.78 Å². The van der Waals surface area contributed by atoms with Crippen LogP contribution in [0.3, 0.4) is 0 Å². The predicted molar refractivity (Wildman–Crippen MR) is 62.4 cm³/mol. The van der Waals surface area contributed by atoms with E-state index in [9.17, 15) is 18.7 Å². The van der Waals surface area contributed by atoms with Gasteiger partial charge in [0, 0.05) is 6.20 Å². The zero-order chi connectivity index (χ0) is 14.3. The SMILES string of the molecule is O=C(N[C@H]1CO[C@H]2[C@@H]1OC[C@H]2O)c1cccn1C(F)F. The Bertz CT molecular complexity index is 507. The molecule has 0 saturated carbocycles. The van der Waals surface area contributed by atoms with Crippen molar-refractivity contribution in [2.45, 2.75) is 30.9 Å². The van der Waals surface area contributed by atoms with Crippen LogP contribution in [0.15, 0.2) is 18.3 Å². The molecular formula is C12H14F2N2O4. The summed E-state index contributed by atoms with van der Waals surface area (Å²) in [6, 6.07) is 2.25. The lowest BCUT2D eigenvalue weighted by molar-refractivity contribution is 0.0178. The number of ether oxygens (including phenoxy) is 2. The number of amides is 1. The highest BCUT2D eigenvalue weighted by atomic mass is 19.3. The molecule has 6 nitrogen and oxygen atoms in total. The average Bonchev–Trinajstić information content (AvgIpc) is 3.08. The molecule has 0 radical (unpaired) electrons. The van der Waals surface area contributed by atoms with E-state index in [-0.39, 0.29) is 18.9 Å². The second-order valence-corrected chi connectivity index (χ2v) is 4.82. The maximum absolute atomic E-state index is 12.7. The highest BCUT2D eigenvalue weighted by Crippen LogP contribution is 2.27. The average molecular weight is 288 g/mol. The van der Waals surface area contributed by atoms with Crippen molar-refractivity contribution >= 4 is 5.91 Å². The van der Waals surface area contributed by atoms with Crippen molar-refractivity contribution in [3.63, 3.8) is 0 Å². The summed E-state index contributed by atoms with van der Waals surface area (Å²) in [6.45, 7) is -2.44. The van der Waals surface area contributed by atoms with Crippen molar-refractivity contribution in [2.75, 3.05) is 13.2 Å². The Morgan fingerprint density at radius 3 is 2.90 bits per heavy atom. The first kappa shape index (κ1) is 13.5. The van der Waals surface area contributed by atoms with Gasteiger partial charge in [0.05, 0.1) is 19.3 Å². The van der Waals surface area contributed by atoms with E-state index in [1.807, 2.05) is 0 Å². The van der Waals surface area contributed by atoms with Gasteiger partial charge in [0.25, 0.3) is 5.91 Å². The van der Waals surface area contributed by atoms with Crippen LogP contribution in [-0.4, -0.2) is 53.1 Å². The molecule has 8 heteroatoms. The summed E-state index contributed by atoms with van der Waals surface area (Å²) in [7, 11) is 0. The lowest BCUT2D eigenvalue weighted by atomic mass is 10.1. The Morgan fingerprint density at radius 2 is 2.15 bits per heavy atom. The number of aliphatic hydroxyl groups is 1. The molecule has 0 aliphatic carbocycles. The molecule has 2 aliphatic heterocycles. The number of carbonyl (C=O) groups is 1. The summed E-state index contributed by atoms with van der Waals surface area (Å²) >= 11 is 0. The summed E-state index contributed by atoms with van der Waals surface area (Å²) in [5, 5.41) is 12.2. The zero-order valence-electron chi connectivity index (χ0n) is 10.4. The second kappa shape index (κ2) is 5.12. The van der Waals surface area contributed by atoms with Crippen LogP contribution in [0.1, 0.15) is 17.0 Å². The lowest BCUT2D eigenvalue weighted by Crippen LogP contribution is -2.44. The smallest absolute Gasteiger partial charge is 0.319 e. The van der Waals surface area contributed by atoms with Crippen LogP contribution in [0.5, 0.6) is 0 Å². The second-order valence-electron chi connectivity index (χ2n) is 4.82. The van der Waals surface area contributed by atoms with Crippen molar-refractivity contribution in [1.29, 1.82) is 0 Å². The molecule has 3 heterocycles. The fourth-order valence-corrected chi connectivity index (χ4v) is 2.60. The maximum Gasteiger partial charge on any atom is 0.319 e. The number of nitrogens with one attached hydrogen (secondary N) is 1. The maximum atomic E-state index is 12.7. The van der Waals surface area contributed by atoms with Crippen LogP contribution in [0.2, 0.25) is 0 Å². The number of halogens is 2. The quantitative estimate of drug-likeness (QED) is 0.830. The van der Waals surface area contributed by atoms with Crippen molar-refractivity contribution in [3.05, 3.63) is 24.0 Å². The molecule has 1 amide bonds. The van der Waals surface area contributed by atoms with Gasteiger partial charge in [0.15, 0.2) is 0 Å². The van der Waals surface area contributed by atoms with Gasteiger partial charge in [-0.2, -0.15) is 8.78 Å². The van der Waals surface area contributed by atoms with Crippen LogP contribution < -0.4 is 5.32 Å². The van der Waals surface area contributed by atoms with Gasteiger partial charge in [0.1, 0.15) is 24.0 Å². The third-order valence-corrected chi connectivity index (χ3v) is 3.57. The Kier molecular flexibility index (Phi) is 3.45. The molecule has 0 aromatic carbocycles. The van der Waals surface area contributed by atoms with Gasteiger partial charge in [-0.1, -0.05) is 0 Å². The first-order chi connectivity index (χ1) is 9.58. The van der Waals surface area contributed by atoms with Gasteiger partial charge >= 0.3 is 6.55 Å². The first-order valence-electron chi connectivity index (χ1n) is 6.25. The molecule has 3 rings (SSSR count). The van der Waals surface area contributed by atoms with Gasteiger partial charge in [0.2, 0.25) is 0 Å². The topological polar surface area (TPSA) is 72.7 Å². The molecule has 0 bridgehead atoms. The summed E-state index contributed by atoms with van der Waals surface area (Å²) in [6.07, 6.45) is -0.485. The van der Waals surface area contributed by atoms with Crippen LogP contribution in [0.25, 0.3) is 0 Å². The fraction of sp³-hybridized carbons (Fsp3) is 0.583. The molecule has 0 spiro atoms. The number of aliphatic hydroxyl groups excluding tert-OH is 1. The minimum atomic E-state index is -2.78. The van der Waals surface area contributed by atoms with E-state index in [1.54, 1.807) is 0 Å². The number of nitrogens with zero attached hydrogens (tertiary/aromatic N) is 1. The molecule has 2 fully saturated rings. The molecule has 2 aliphatic rings. The molecule has 1 aromatic rings. The molecule has 0 unspecified atom stereocenters. The van der Waals surface area contributed by atoms with E-state index in [0.29, 0.717) is 4.57 Å². The molecule has 110 valence electrons. The monoisotopic (exact) mass is 288 g/mol. The van der Waals surface area contributed by atoms with Gasteiger partial charge < -0.3 is 19.9 Å². The van der Waals surface area contributed by atoms with Crippen molar-refractivity contribution < 1.29 is 28.2 Å². The summed E-state index contributed by atoms with van der Waals surface area (Å²) in [5.41, 5.74) is -0.123. The Hall–Kier alpha value is -1.51. The minimum Gasteiger partial charge on any atom is -0.388 e. The van der Waals surface area contributed by atoms with Gasteiger partial charge in [-0.05, 0) is 12.1 Å². The van der Waals surface area contributed by atoms with E-state index in [0.717, 1.165) is 6.20 Å². The van der Waals surface area contributed by atoms with E-state index in [2.05, 4.69) is 5.32 Å². The molecule has 2 saturated heterocycles. The first-order valence-corrected chi connectivity index (χ1v) is 6.25. The van der Waals surface area contributed by atoms with Crippen LogP contribution >= 0.6 is 0 Å². The molecule has 2 N–H and O–H groups in total. The van der Waals surface area contributed by atoms with E-state index < -0.39 is 36.8 Å². The van der Waals surface area contributed by atoms with Crippen molar-refractivity contribution in [3.8, 4) is 0 Å². The summed E-state index contributed by atoms with van der Waals surface area (Å²) in [5.74, 6) is -0.616. The molecular weight excluding hydrogens is 274 g/mol. The fourth-order valence-electron chi connectivity index (χ4n) is 2.60. The largest absolute Gasteiger partial charge is 0.388 e. The highest BCUT2D eigenvalue weighted by molar-refractivity contribution is 5.93. The molecule has 1 aromatic heterocycles. The molecule has 20 heavy (non-hydrogen) atoms. The number of rotatable bonds is 3. The van der Waals surface area contributed by atoms with Crippen molar-refractivity contribution in [2.24, 2.45) is 0 Å². The predicted octanol–water partition coefficient (Wildman–Crippen LogP) is 0.140. The Balaban J connectivity index is 1.69. The Labute approximate surface area is 113 Å². The number of fused-ring (bicyclic) bond motifs is 1. The lowest BCUT2D eigenvalue weighted by Gasteiger charge is -2.18. The number of hydrogen-bond donors (Lipinski definition) is 2. The highest BCUT2D eigenvalue weighted by Gasteiger charge is 2.47. The standard InChI is InChI=1S/C12H14F2N2O4/c13-12(14)16-3-1-2-7(16)11(18)15-6-4-19-10-8(17)5-20-9(6)10/h1-3,6,8-10,12,17H,4-5H2,(H,15,18)/t6-,8+,9+,10+/m0/s1. The van der Waals surface area contributed by atoms with E-state index in [1.165, 1.54) is 12.1 Å². The van der Waals surface area contributed by atoms with E-state index in [4.69, 9.17) is 9.47 Å². The van der Waals surface area contributed by atoms with Crippen LogP contribution in [-0.2, 0) is 9.47 Å². The minimum absolute atomic E-state index is 0.123. The van der Waals surface area contributed by atoms with Gasteiger partial charge in [-0.15, -0.1) is 0 Å². The Morgan fingerprint density at radius 1 is 1.40 bits per heavy atom. The van der Waals surface area contributed by atoms with E-state index >= 15 is 0 Å². The number of carbonyl (C=O) groups excluding carboxylic acids is 1.